The molecule has 0 N–H and O–H groups in total. The van der Waals surface area contributed by atoms with E-state index >= 15 is 0 Å². The van der Waals surface area contributed by atoms with Crippen molar-refractivity contribution in [2.75, 3.05) is 25.4 Å². The lowest BCUT2D eigenvalue weighted by Crippen LogP contribution is -2.36. The summed E-state index contributed by atoms with van der Waals surface area (Å²) in [4.78, 5) is 6.82. The van der Waals surface area contributed by atoms with Gasteiger partial charge >= 0.3 is 0 Å². The SMILES string of the molecule is Fc1ccccc1CN(CC1CCCO1)C1=NCCCS1. The van der Waals surface area contributed by atoms with E-state index < -0.39 is 0 Å². The molecular formula is C16H21FN2OS. The molecule has 0 spiro atoms. The third-order valence-electron chi connectivity index (χ3n) is 3.82. The first kappa shape index (κ1) is 14.9. The Labute approximate surface area is 129 Å². The van der Waals surface area contributed by atoms with Gasteiger partial charge < -0.3 is 9.64 Å². The van der Waals surface area contributed by atoms with E-state index in [4.69, 9.17) is 4.74 Å². The summed E-state index contributed by atoms with van der Waals surface area (Å²) in [7, 11) is 0. The van der Waals surface area contributed by atoms with Crippen LogP contribution in [-0.2, 0) is 11.3 Å². The van der Waals surface area contributed by atoms with E-state index in [1.807, 2.05) is 12.1 Å². The molecule has 0 aliphatic carbocycles. The van der Waals surface area contributed by atoms with E-state index in [-0.39, 0.29) is 11.9 Å². The van der Waals surface area contributed by atoms with Gasteiger partial charge in [-0.1, -0.05) is 30.0 Å². The Morgan fingerprint density at radius 2 is 2.24 bits per heavy atom. The van der Waals surface area contributed by atoms with Crippen molar-refractivity contribution in [3.8, 4) is 0 Å². The van der Waals surface area contributed by atoms with Crippen LogP contribution in [0.1, 0.15) is 24.8 Å². The second-order valence-electron chi connectivity index (χ2n) is 5.47. The molecule has 1 saturated heterocycles. The predicted molar refractivity (Wildman–Crippen MR) is 85.2 cm³/mol. The summed E-state index contributed by atoms with van der Waals surface area (Å²) in [5.74, 6) is 0.953. The van der Waals surface area contributed by atoms with E-state index in [1.165, 1.54) is 6.07 Å². The van der Waals surface area contributed by atoms with Gasteiger partial charge in [0.2, 0.25) is 0 Å². The maximum absolute atomic E-state index is 13.9. The highest BCUT2D eigenvalue weighted by Crippen LogP contribution is 2.22. The number of thioether (sulfide) groups is 1. The van der Waals surface area contributed by atoms with Gasteiger partial charge in [0.1, 0.15) is 5.82 Å². The van der Waals surface area contributed by atoms with Crippen LogP contribution in [0, 0.1) is 5.82 Å². The van der Waals surface area contributed by atoms with Crippen molar-refractivity contribution in [1.82, 2.24) is 4.90 Å². The second kappa shape index (κ2) is 7.27. The van der Waals surface area contributed by atoms with Crippen LogP contribution in [0.2, 0.25) is 0 Å². The molecule has 5 heteroatoms. The average Bonchev–Trinajstić information content (AvgIpc) is 3.03. The number of aliphatic imine (C=N–C) groups is 1. The molecule has 0 amide bonds. The Bertz CT molecular complexity index is 503. The quantitative estimate of drug-likeness (QED) is 0.853. The molecule has 2 heterocycles. The van der Waals surface area contributed by atoms with Crippen molar-refractivity contribution < 1.29 is 9.13 Å². The van der Waals surface area contributed by atoms with Crippen LogP contribution < -0.4 is 0 Å². The Morgan fingerprint density at radius 3 is 2.95 bits per heavy atom. The maximum atomic E-state index is 13.9. The summed E-state index contributed by atoms with van der Waals surface area (Å²) in [6.07, 6.45) is 3.59. The average molecular weight is 308 g/mol. The van der Waals surface area contributed by atoms with Crippen molar-refractivity contribution in [2.24, 2.45) is 4.99 Å². The molecule has 3 nitrogen and oxygen atoms in total. The number of amidine groups is 1. The normalized spacial score (nSPS) is 22.1. The lowest BCUT2D eigenvalue weighted by Gasteiger charge is -2.29. The fraction of sp³-hybridized carbons (Fsp3) is 0.562. The van der Waals surface area contributed by atoms with Crippen LogP contribution in [0.15, 0.2) is 29.3 Å². The van der Waals surface area contributed by atoms with Crippen molar-refractivity contribution >= 4 is 16.9 Å². The van der Waals surface area contributed by atoms with Gasteiger partial charge in [-0.05, 0) is 25.3 Å². The zero-order valence-electron chi connectivity index (χ0n) is 12.1. The Hall–Kier alpha value is -1.07. The van der Waals surface area contributed by atoms with Gasteiger partial charge in [0.15, 0.2) is 5.17 Å². The molecule has 1 fully saturated rings. The highest BCUT2D eigenvalue weighted by molar-refractivity contribution is 8.13. The molecule has 1 aromatic rings. The highest BCUT2D eigenvalue weighted by atomic mass is 32.2. The fourth-order valence-corrected chi connectivity index (χ4v) is 3.68. The maximum Gasteiger partial charge on any atom is 0.159 e. The van der Waals surface area contributed by atoms with Crippen molar-refractivity contribution in [2.45, 2.75) is 31.9 Å². The number of benzene rings is 1. The molecule has 2 aliphatic rings. The molecule has 1 unspecified atom stereocenters. The van der Waals surface area contributed by atoms with Crippen LogP contribution in [0.5, 0.6) is 0 Å². The van der Waals surface area contributed by atoms with E-state index in [2.05, 4.69) is 9.89 Å². The van der Waals surface area contributed by atoms with Crippen LogP contribution >= 0.6 is 11.8 Å². The second-order valence-corrected chi connectivity index (χ2v) is 6.54. The Kier molecular flexibility index (Phi) is 5.14. The smallest absolute Gasteiger partial charge is 0.159 e. The minimum atomic E-state index is -0.142. The van der Waals surface area contributed by atoms with Gasteiger partial charge in [0.25, 0.3) is 0 Å². The molecule has 1 aromatic carbocycles. The fourth-order valence-electron chi connectivity index (χ4n) is 2.72. The summed E-state index contributed by atoms with van der Waals surface area (Å²) in [6.45, 7) is 3.10. The number of rotatable bonds is 4. The van der Waals surface area contributed by atoms with Crippen molar-refractivity contribution in [3.63, 3.8) is 0 Å². The molecule has 0 radical (unpaired) electrons. The van der Waals surface area contributed by atoms with Crippen LogP contribution in [0.4, 0.5) is 4.39 Å². The third-order valence-corrected chi connectivity index (χ3v) is 4.96. The van der Waals surface area contributed by atoms with Gasteiger partial charge in [-0.3, -0.25) is 4.99 Å². The van der Waals surface area contributed by atoms with Crippen LogP contribution in [-0.4, -0.2) is 41.6 Å². The van der Waals surface area contributed by atoms with Gasteiger partial charge in [-0.15, -0.1) is 0 Å². The van der Waals surface area contributed by atoms with Gasteiger partial charge in [-0.25, -0.2) is 4.39 Å². The standard InChI is InChI=1S/C16H21FN2OS/c17-15-7-2-1-5-13(15)11-19(12-14-6-3-9-20-14)16-18-8-4-10-21-16/h1-2,5,7,14H,3-4,6,8-12H2. The Morgan fingerprint density at radius 1 is 1.33 bits per heavy atom. The van der Waals surface area contributed by atoms with E-state index in [0.717, 1.165) is 55.4 Å². The minimum absolute atomic E-state index is 0.142. The summed E-state index contributed by atoms with van der Waals surface area (Å²) in [5, 5.41) is 1.04. The third kappa shape index (κ3) is 3.98. The predicted octanol–water partition coefficient (Wildman–Crippen LogP) is 3.30. The van der Waals surface area contributed by atoms with Gasteiger partial charge in [-0.2, -0.15) is 0 Å². The van der Waals surface area contributed by atoms with E-state index in [0.29, 0.717) is 6.54 Å². The first-order valence-electron chi connectivity index (χ1n) is 7.60. The molecule has 21 heavy (non-hydrogen) atoms. The highest BCUT2D eigenvalue weighted by Gasteiger charge is 2.23. The monoisotopic (exact) mass is 308 g/mol. The summed E-state index contributed by atoms with van der Waals surface area (Å²) < 4.78 is 19.7. The molecular weight excluding hydrogens is 287 g/mol. The van der Waals surface area contributed by atoms with Crippen LogP contribution in [0.25, 0.3) is 0 Å². The van der Waals surface area contributed by atoms with Gasteiger partial charge in [0.05, 0.1) is 6.10 Å². The summed E-state index contributed by atoms with van der Waals surface area (Å²) >= 11 is 1.78. The number of halogens is 1. The zero-order valence-corrected chi connectivity index (χ0v) is 12.9. The summed E-state index contributed by atoms with van der Waals surface area (Å²) in [6, 6.07) is 7.00. The zero-order chi connectivity index (χ0) is 14.5. The lowest BCUT2D eigenvalue weighted by molar-refractivity contribution is 0.0904. The van der Waals surface area contributed by atoms with E-state index in [1.54, 1.807) is 17.8 Å². The molecule has 114 valence electrons. The topological polar surface area (TPSA) is 24.8 Å². The molecule has 0 aromatic heterocycles. The van der Waals surface area contributed by atoms with Crippen LogP contribution in [0.3, 0.4) is 0 Å². The number of hydrogen-bond donors (Lipinski definition) is 0. The number of nitrogens with zero attached hydrogens (tertiary/aromatic N) is 2. The number of ether oxygens (including phenoxy) is 1. The molecule has 0 bridgehead atoms. The first-order chi connectivity index (χ1) is 10.3. The minimum Gasteiger partial charge on any atom is -0.376 e. The van der Waals surface area contributed by atoms with Gasteiger partial charge in [0, 0.05) is 37.6 Å². The van der Waals surface area contributed by atoms with Crippen molar-refractivity contribution in [1.29, 1.82) is 0 Å². The molecule has 2 aliphatic heterocycles. The molecule has 0 saturated carbocycles. The lowest BCUT2D eigenvalue weighted by atomic mass is 10.2. The molecule has 3 rings (SSSR count). The molecule has 1 atom stereocenters. The van der Waals surface area contributed by atoms with E-state index in [9.17, 15) is 4.39 Å². The number of hydrogen-bond acceptors (Lipinski definition) is 4. The largest absolute Gasteiger partial charge is 0.376 e. The Balaban J connectivity index is 1.74. The van der Waals surface area contributed by atoms with Crippen molar-refractivity contribution in [3.05, 3.63) is 35.6 Å². The summed E-state index contributed by atoms with van der Waals surface area (Å²) in [5.41, 5.74) is 0.726. The first-order valence-corrected chi connectivity index (χ1v) is 8.59.